The zero-order chi connectivity index (χ0) is 68.9. The van der Waals surface area contributed by atoms with Crippen molar-refractivity contribution in [2.45, 2.75) is 388 Å². The van der Waals surface area contributed by atoms with Crippen LogP contribution in [0.2, 0.25) is 0 Å². The van der Waals surface area contributed by atoms with Gasteiger partial charge in [0.05, 0.1) is 26.4 Å². The second-order valence-corrected chi connectivity index (χ2v) is 31.5. The number of hydrogen-bond acceptors (Lipinski definition) is 15. The Bertz CT molecular complexity index is 1830. The van der Waals surface area contributed by atoms with Gasteiger partial charge in [-0.05, 0) is 49.4 Å². The third-order valence-corrected chi connectivity index (χ3v) is 19.0. The van der Waals surface area contributed by atoms with Crippen molar-refractivity contribution in [3.63, 3.8) is 0 Å². The summed E-state index contributed by atoms with van der Waals surface area (Å²) in [4.78, 5) is 72.7. The van der Waals surface area contributed by atoms with Crippen LogP contribution in [0.1, 0.15) is 370 Å². The molecule has 3 N–H and O–H groups in total. The molecule has 0 aromatic carbocycles. The van der Waals surface area contributed by atoms with Crippen molar-refractivity contribution in [2.24, 2.45) is 23.7 Å². The van der Waals surface area contributed by atoms with Crippen LogP contribution in [0.3, 0.4) is 0 Å². The summed E-state index contributed by atoms with van der Waals surface area (Å²) in [5.74, 6) is 0.877. The highest BCUT2D eigenvalue weighted by Gasteiger charge is 2.30. The number of carbonyl (C=O) groups is 4. The number of phosphoric acid groups is 2. The molecule has 19 heteroatoms. The molecule has 17 nitrogen and oxygen atoms in total. The van der Waals surface area contributed by atoms with Gasteiger partial charge in [-0.3, -0.25) is 37.3 Å². The smallest absolute Gasteiger partial charge is 0.462 e. The highest BCUT2D eigenvalue weighted by molar-refractivity contribution is 7.47. The van der Waals surface area contributed by atoms with E-state index in [9.17, 15) is 43.2 Å². The van der Waals surface area contributed by atoms with Gasteiger partial charge in [-0.1, -0.05) is 319 Å². The quantitative estimate of drug-likeness (QED) is 0.0222. The normalized spacial score (nSPS) is 14.2. The van der Waals surface area contributed by atoms with Gasteiger partial charge in [-0.2, -0.15) is 0 Å². The van der Waals surface area contributed by atoms with Crippen molar-refractivity contribution < 1.29 is 80.2 Å². The molecule has 0 amide bonds. The molecule has 5 atom stereocenters. The number of esters is 4. The Kier molecular flexibility index (Phi) is 62.2. The number of carbonyl (C=O) groups excluding carboxylic acids is 4. The van der Waals surface area contributed by atoms with Crippen LogP contribution in [0.5, 0.6) is 0 Å². The van der Waals surface area contributed by atoms with Crippen molar-refractivity contribution >= 4 is 39.5 Å². The van der Waals surface area contributed by atoms with E-state index >= 15 is 0 Å². The van der Waals surface area contributed by atoms with E-state index in [1.807, 2.05) is 0 Å². The Hall–Kier alpha value is -1.94. The van der Waals surface area contributed by atoms with Gasteiger partial charge in [-0.25, -0.2) is 9.13 Å². The topological polar surface area (TPSA) is 237 Å². The highest BCUT2D eigenvalue weighted by Crippen LogP contribution is 2.45. The number of aliphatic hydroxyl groups excluding tert-OH is 1. The average Bonchev–Trinajstić information content (AvgIpc) is 3.66. The van der Waals surface area contributed by atoms with Gasteiger partial charge in [-0.15, -0.1) is 0 Å². The van der Waals surface area contributed by atoms with Gasteiger partial charge < -0.3 is 33.8 Å². The molecule has 0 aliphatic carbocycles. The fourth-order valence-electron chi connectivity index (χ4n) is 11.2. The molecular formula is C74H144O17P2. The van der Waals surface area contributed by atoms with Crippen molar-refractivity contribution in [1.82, 2.24) is 0 Å². The summed E-state index contributed by atoms with van der Waals surface area (Å²) in [6.07, 6.45) is 47.3. The van der Waals surface area contributed by atoms with E-state index < -0.39 is 97.5 Å². The fraction of sp³-hybridized carbons (Fsp3) is 0.946. The molecule has 0 aromatic heterocycles. The van der Waals surface area contributed by atoms with E-state index in [0.29, 0.717) is 25.7 Å². The lowest BCUT2D eigenvalue weighted by Crippen LogP contribution is -2.30. The zero-order valence-electron chi connectivity index (χ0n) is 60.9. The van der Waals surface area contributed by atoms with Gasteiger partial charge in [0.1, 0.15) is 19.3 Å². The van der Waals surface area contributed by atoms with Crippen LogP contribution in [0.25, 0.3) is 0 Å². The molecule has 552 valence electrons. The Morgan fingerprint density at radius 2 is 0.452 bits per heavy atom. The number of unbranched alkanes of at least 4 members (excludes halogenated alkanes) is 37. The Morgan fingerprint density at radius 1 is 0.269 bits per heavy atom. The maximum Gasteiger partial charge on any atom is 0.472 e. The predicted octanol–water partition coefficient (Wildman–Crippen LogP) is 21.3. The first kappa shape index (κ1) is 91.1. The van der Waals surface area contributed by atoms with Crippen LogP contribution in [-0.4, -0.2) is 96.7 Å². The summed E-state index contributed by atoms with van der Waals surface area (Å²) in [7, 11) is -9.91. The molecule has 0 heterocycles. The van der Waals surface area contributed by atoms with Crippen LogP contribution >= 0.6 is 15.6 Å². The van der Waals surface area contributed by atoms with Gasteiger partial charge in [0.15, 0.2) is 12.2 Å². The molecule has 0 radical (unpaired) electrons. The maximum atomic E-state index is 13.1. The first-order valence-electron chi connectivity index (χ1n) is 38.2. The monoisotopic (exact) mass is 1370 g/mol. The van der Waals surface area contributed by atoms with Gasteiger partial charge in [0, 0.05) is 25.7 Å². The van der Waals surface area contributed by atoms with Crippen molar-refractivity contribution in [3.8, 4) is 0 Å². The molecule has 0 bridgehead atoms. The summed E-state index contributed by atoms with van der Waals surface area (Å²) in [6, 6.07) is 0. The van der Waals surface area contributed by atoms with Gasteiger partial charge in [0.2, 0.25) is 0 Å². The van der Waals surface area contributed by atoms with Crippen molar-refractivity contribution in [3.05, 3.63) is 0 Å². The van der Waals surface area contributed by atoms with Crippen molar-refractivity contribution in [1.29, 1.82) is 0 Å². The van der Waals surface area contributed by atoms with Gasteiger partial charge in [0.25, 0.3) is 0 Å². The minimum Gasteiger partial charge on any atom is -0.462 e. The average molecular weight is 1370 g/mol. The van der Waals surface area contributed by atoms with Crippen LogP contribution in [-0.2, 0) is 65.4 Å². The third kappa shape index (κ3) is 68.4. The largest absolute Gasteiger partial charge is 0.472 e. The molecule has 0 fully saturated rings. The first-order valence-corrected chi connectivity index (χ1v) is 41.2. The number of phosphoric ester groups is 2. The lowest BCUT2D eigenvalue weighted by molar-refractivity contribution is -0.161. The molecule has 0 saturated heterocycles. The summed E-state index contributed by atoms with van der Waals surface area (Å²) >= 11 is 0. The molecule has 93 heavy (non-hydrogen) atoms. The SMILES string of the molecule is CC(C)CCCCCCCCCCCCCCCCCC(=O)OC[C@H](COP(=O)(O)OCC(O)COP(=O)(O)OC[C@@H](COC(=O)CCCCCCCCCCC(C)C)OC(=O)CCCCCCCCCCC(C)C)OC(=O)CCCCCCCCCCCCC(C)C. The predicted molar refractivity (Wildman–Crippen MR) is 377 cm³/mol. The highest BCUT2D eigenvalue weighted by atomic mass is 31.2. The van der Waals surface area contributed by atoms with E-state index in [0.717, 1.165) is 114 Å². The molecule has 0 aromatic rings. The number of hydrogen-bond donors (Lipinski definition) is 3. The lowest BCUT2D eigenvalue weighted by atomic mass is 10.0. The van der Waals surface area contributed by atoms with Crippen LogP contribution in [0.15, 0.2) is 0 Å². The third-order valence-electron chi connectivity index (χ3n) is 17.1. The van der Waals surface area contributed by atoms with Crippen LogP contribution < -0.4 is 0 Å². The van der Waals surface area contributed by atoms with Crippen molar-refractivity contribution in [2.75, 3.05) is 39.6 Å². The fourth-order valence-corrected chi connectivity index (χ4v) is 12.8. The van der Waals surface area contributed by atoms with E-state index in [-0.39, 0.29) is 25.7 Å². The van der Waals surface area contributed by atoms with E-state index in [4.69, 9.17) is 37.0 Å². The van der Waals surface area contributed by atoms with E-state index in [1.165, 1.54) is 173 Å². The Morgan fingerprint density at radius 3 is 0.667 bits per heavy atom. The first-order chi connectivity index (χ1) is 44.6. The molecule has 0 aliphatic heterocycles. The second-order valence-electron chi connectivity index (χ2n) is 28.6. The second kappa shape index (κ2) is 63.5. The molecule has 0 aliphatic rings. The van der Waals surface area contributed by atoms with Crippen LogP contribution in [0.4, 0.5) is 0 Å². The molecule has 0 spiro atoms. The minimum atomic E-state index is -4.96. The Labute approximate surface area is 568 Å². The molecule has 0 rings (SSSR count). The van der Waals surface area contributed by atoms with Gasteiger partial charge >= 0.3 is 39.5 Å². The summed E-state index contributed by atoms with van der Waals surface area (Å²) in [5, 5.41) is 10.6. The molecule has 3 unspecified atom stereocenters. The van der Waals surface area contributed by atoms with E-state index in [1.54, 1.807) is 0 Å². The lowest BCUT2D eigenvalue weighted by Gasteiger charge is -2.21. The summed E-state index contributed by atoms with van der Waals surface area (Å²) < 4.78 is 68.4. The van der Waals surface area contributed by atoms with Crippen LogP contribution in [0, 0.1) is 23.7 Å². The zero-order valence-corrected chi connectivity index (χ0v) is 62.7. The molecular weight excluding hydrogens is 1220 g/mol. The minimum absolute atomic E-state index is 0.104. The Balaban J connectivity index is 5.23. The molecule has 0 saturated carbocycles. The van der Waals surface area contributed by atoms with E-state index in [2.05, 4.69) is 55.4 Å². The summed E-state index contributed by atoms with van der Waals surface area (Å²) in [6.45, 7) is 14.1. The summed E-state index contributed by atoms with van der Waals surface area (Å²) in [5.41, 5.74) is 0. The number of ether oxygens (including phenoxy) is 4. The number of rotatable bonds is 71. The number of aliphatic hydroxyl groups is 1. The maximum absolute atomic E-state index is 13.1. The standard InChI is InChI=1S/C74H144O17P2/c1-64(2)50-42-34-26-18-14-12-10-9-11-13-15-20-30-38-46-54-71(76)84-60-69(90-73(78)56-48-40-32-21-17-16-19-27-35-43-51-65(3)4)62-88-92(80,81)86-58-68(75)59-87-93(82,83)89-63-70(91-74(79)57-49-41-33-25-23-29-37-45-53-67(7)8)61-85-72(77)55-47-39-31-24-22-28-36-44-52-66(5)6/h64-70,75H,9-63H2,1-8H3,(H,80,81)(H,82,83)/t68?,69-,70-/m1/s1.